The smallest absolute Gasteiger partial charge is 0.262 e. The van der Waals surface area contributed by atoms with Gasteiger partial charge in [-0.15, -0.1) is 0 Å². The van der Waals surface area contributed by atoms with Crippen LogP contribution in [0.15, 0.2) is 68.4 Å². The molecule has 2 heterocycles. The molecule has 0 fully saturated rings. The number of carbonyl (C=O) groups is 2. The van der Waals surface area contributed by atoms with E-state index in [1.807, 2.05) is 0 Å². The maximum atomic E-state index is 13.1. The van der Waals surface area contributed by atoms with Gasteiger partial charge in [0, 0.05) is 16.3 Å². The molecule has 2 aromatic heterocycles. The van der Waals surface area contributed by atoms with E-state index in [1.165, 1.54) is 19.3 Å². The monoisotopic (exact) mass is 451 g/mol. The van der Waals surface area contributed by atoms with Crippen LogP contribution in [-0.4, -0.2) is 18.3 Å². The predicted molar refractivity (Wildman–Crippen MR) is 121 cm³/mol. The fourth-order valence-corrected chi connectivity index (χ4v) is 3.31. The normalized spacial score (nSPS) is 10.8. The number of fused-ring (bicyclic) bond motifs is 1. The summed E-state index contributed by atoms with van der Waals surface area (Å²) in [6.07, 6.45) is 1.44. The second kappa shape index (κ2) is 8.72. The number of amides is 1. The van der Waals surface area contributed by atoms with Gasteiger partial charge in [0.05, 0.1) is 11.6 Å². The molecule has 0 spiro atoms. The summed E-state index contributed by atoms with van der Waals surface area (Å²) < 4.78 is 16.9. The number of benzene rings is 2. The average Bonchev–Trinajstić information content (AvgIpc) is 3.29. The molecule has 0 unspecified atom stereocenters. The highest BCUT2D eigenvalue weighted by Gasteiger charge is 2.21. The fraction of sp³-hybridized carbons (Fsp3) is 0.125. The lowest BCUT2D eigenvalue weighted by Crippen LogP contribution is -2.22. The summed E-state index contributed by atoms with van der Waals surface area (Å²) in [5.74, 6) is -0.456. The third-order valence-corrected chi connectivity index (χ3v) is 5.18. The first-order valence-corrected chi connectivity index (χ1v) is 10.1. The van der Waals surface area contributed by atoms with Gasteiger partial charge in [-0.3, -0.25) is 14.4 Å². The number of rotatable bonds is 6. The Labute approximate surface area is 187 Å². The number of Topliss-reactive ketones (excluding diaryl/α,β-unsaturated/α-hetero) is 1. The molecule has 4 rings (SSSR count). The van der Waals surface area contributed by atoms with Crippen LogP contribution in [0.3, 0.4) is 0 Å². The van der Waals surface area contributed by atoms with Gasteiger partial charge < -0.3 is 18.9 Å². The van der Waals surface area contributed by atoms with Crippen LogP contribution in [0.4, 0.5) is 5.69 Å². The Morgan fingerprint density at radius 3 is 2.66 bits per heavy atom. The van der Waals surface area contributed by atoms with Crippen molar-refractivity contribution in [3.05, 3.63) is 81.2 Å². The number of nitrogens with one attached hydrogen (secondary N) is 1. The Bertz CT molecular complexity index is 1390. The quantitative estimate of drug-likeness (QED) is 0.403. The van der Waals surface area contributed by atoms with Crippen molar-refractivity contribution in [1.82, 2.24) is 0 Å². The zero-order valence-corrected chi connectivity index (χ0v) is 18.0. The van der Waals surface area contributed by atoms with Crippen LogP contribution in [0.2, 0.25) is 5.02 Å². The lowest BCUT2D eigenvalue weighted by molar-refractivity contribution is -0.118. The Morgan fingerprint density at radius 2 is 1.94 bits per heavy atom. The van der Waals surface area contributed by atoms with Crippen LogP contribution in [-0.2, 0) is 4.79 Å². The summed E-state index contributed by atoms with van der Waals surface area (Å²) >= 11 is 6.18. The maximum absolute atomic E-state index is 13.1. The Morgan fingerprint density at radius 1 is 1.12 bits per heavy atom. The molecule has 2 aromatic carbocycles. The third kappa shape index (κ3) is 4.29. The summed E-state index contributed by atoms with van der Waals surface area (Å²) in [6, 6.07) is 12.9. The number of carbonyl (C=O) groups excluding carboxylic acids is 2. The molecule has 162 valence electrons. The average molecular weight is 452 g/mol. The molecule has 0 atom stereocenters. The molecule has 0 aliphatic heterocycles. The van der Waals surface area contributed by atoms with Gasteiger partial charge in [0.2, 0.25) is 16.9 Å². The maximum Gasteiger partial charge on any atom is 0.262 e. The zero-order chi connectivity index (χ0) is 22.8. The van der Waals surface area contributed by atoms with Crippen LogP contribution in [0.25, 0.3) is 22.5 Å². The summed E-state index contributed by atoms with van der Waals surface area (Å²) in [5, 5.41) is 3.27. The first kappa shape index (κ1) is 21.4. The lowest BCUT2D eigenvalue weighted by Gasteiger charge is -2.11. The summed E-state index contributed by atoms with van der Waals surface area (Å²) in [4.78, 5) is 37.1. The summed E-state index contributed by atoms with van der Waals surface area (Å²) in [5.41, 5.74) is 1.48. The van der Waals surface area contributed by atoms with E-state index in [0.29, 0.717) is 21.9 Å². The molecule has 0 saturated heterocycles. The van der Waals surface area contributed by atoms with Crippen molar-refractivity contribution in [2.24, 2.45) is 0 Å². The van der Waals surface area contributed by atoms with Crippen LogP contribution in [0.1, 0.15) is 22.8 Å². The number of hydrogen-bond acceptors (Lipinski definition) is 6. The molecule has 1 amide bonds. The third-order valence-electron chi connectivity index (χ3n) is 4.78. The Balaban J connectivity index is 1.65. The number of anilines is 1. The molecule has 0 saturated carbocycles. The van der Waals surface area contributed by atoms with E-state index in [9.17, 15) is 14.4 Å². The van der Waals surface area contributed by atoms with E-state index < -0.39 is 17.9 Å². The topological polar surface area (TPSA) is 98.8 Å². The Hall–Kier alpha value is -3.84. The van der Waals surface area contributed by atoms with Gasteiger partial charge >= 0.3 is 0 Å². The second-order valence-electron chi connectivity index (χ2n) is 7.14. The SMILES string of the molecule is CC(=O)c1cccc(NC(=O)COc2c(-c3ccco3)oc3cc(C)c(Cl)cc3c2=O)c1. The minimum absolute atomic E-state index is 0.0700. The second-order valence-corrected chi connectivity index (χ2v) is 7.55. The van der Waals surface area contributed by atoms with Gasteiger partial charge in [-0.25, -0.2) is 0 Å². The number of aryl methyl sites for hydroxylation is 1. The number of halogens is 1. The van der Waals surface area contributed by atoms with Crippen molar-refractivity contribution in [3.8, 4) is 17.3 Å². The van der Waals surface area contributed by atoms with Crippen LogP contribution in [0, 0.1) is 6.92 Å². The van der Waals surface area contributed by atoms with Crippen molar-refractivity contribution in [1.29, 1.82) is 0 Å². The van der Waals surface area contributed by atoms with Crippen molar-refractivity contribution < 1.29 is 23.2 Å². The molecule has 1 N–H and O–H groups in total. The number of ketones is 1. The van der Waals surface area contributed by atoms with E-state index in [4.69, 9.17) is 25.2 Å². The number of furan rings is 1. The van der Waals surface area contributed by atoms with Gasteiger partial charge in [0.15, 0.2) is 18.2 Å². The summed E-state index contributed by atoms with van der Waals surface area (Å²) in [7, 11) is 0. The largest absolute Gasteiger partial charge is 0.476 e. The van der Waals surface area contributed by atoms with E-state index >= 15 is 0 Å². The Kier molecular flexibility index (Phi) is 5.83. The molecule has 32 heavy (non-hydrogen) atoms. The molecule has 4 aromatic rings. The van der Waals surface area contributed by atoms with Gasteiger partial charge in [-0.1, -0.05) is 23.7 Å². The number of ether oxygens (including phenoxy) is 1. The van der Waals surface area contributed by atoms with Gasteiger partial charge in [-0.05, 0) is 55.8 Å². The van der Waals surface area contributed by atoms with Crippen molar-refractivity contribution in [2.75, 3.05) is 11.9 Å². The van der Waals surface area contributed by atoms with E-state index in [1.54, 1.807) is 49.4 Å². The molecule has 0 bridgehead atoms. The fourth-order valence-electron chi connectivity index (χ4n) is 3.15. The van der Waals surface area contributed by atoms with Crippen molar-refractivity contribution in [3.63, 3.8) is 0 Å². The van der Waals surface area contributed by atoms with Crippen LogP contribution >= 0.6 is 11.6 Å². The van der Waals surface area contributed by atoms with Crippen molar-refractivity contribution >= 4 is 39.9 Å². The molecular weight excluding hydrogens is 434 g/mol. The first-order chi connectivity index (χ1) is 15.3. The lowest BCUT2D eigenvalue weighted by atomic mass is 10.1. The molecule has 8 heteroatoms. The zero-order valence-electron chi connectivity index (χ0n) is 17.2. The molecule has 0 aliphatic carbocycles. The van der Waals surface area contributed by atoms with E-state index in [0.717, 1.165) is 5.56 Å². The highest BCUT2D eigenvalue weighted by atomic mass is 35.5. The van der Waals surface area contributed by atoms with E-state index in [2.05, 4.69) is 5.32 Å². The van der Waals surface area contributed by atoms with Gasteiger partial charge in [0.25, 0.3) is 5.91 Å². The molecular formula is C24H18ClNO6. The summed E-state index contributed by atoms with van der Waals surface area (Å²) in [6.45, 7) is 2.77. The van der Waals surface area contributed by atoms with Crippen molar-refractivity contribution in [2.45, 2.75) is 13.8 Å². The predicted octanol–water partition coefficient (Wildman–Crippen LogP) is 5.23. The molecule has 0 aliphatic rings. The highest BCUT2D eigenvalue weighted by Crippen LogP contribution is 2.33. The highest BCUT2D eigenvalue weighted by molar-refractivity contribution is 6.32. The first-order valence-electron chi connectivity index (χ1n) is 9.68. The number of hydrogen-bond donors (Lipinski definition) is 1. The standard InChI is InChI=1S/C24H18ClNO6/c1-13-9-20-17(11-18(13)25)22(29)24(23(32-20)19-7-4-8-30-19)31-12-21(28)26-16-6-3-5-15(10-16)14(2)27/h3-11H,12H2,1-2H3,(H,26,28). The molecule has 7 nitrogen and oxygen atoms in total. The van der Waals surface area contributed by atoms with Crippen LogP contribution < -0.4 is 15.5 Å². The minimum Gasteiger partial charge on any atom is -0.476 e. The van der Waals surface area contributed by atoms with Crippen LogP contribution in [0.5, 0.6) is 5.75 Å². The van der Waals surface area contributed by atoms with Gasteiger partial charge in [0.1, 0.15) is 5.58 Å². The van der Waals surface area contributed by atoms with Gasteiger partial charge in [-0.2, -0.15) is 0 Å². The van der Waals surface area contributed by atoms with E-state index in [-0.39, 0.29) is 28.4 Å². The molecule has 0 radical (unpaired) electrons. The minimum atomic E-state index is -0.516.